The minimum absolute atomic E-state index is 0.00130. The van der Waals surface area contributed by atoms with E-state index in [0.29, 0.717) is 11.3 Å². The van der Waals surface area contributed by atoms with Gasteiger partial charge in [-0.1, -0.05) is 13.8 Å². The van der Waals surface area contributed by atoms with Crippen LogP contribution in [0.1, 0.15) is 19.4 Å². The van der Waals surface area contributed by atoms with Gasteiger partial charge in [0.15, 0.2) is 0 Å². The monoisotopic (exact) mass is 375 g/mol. The number of rotatable bonds is 4. The molecule has 0 radical (unpaired) electrons. The highest BCUT2D eigenvalue weighted by Gasteiger charge is 2.70. The highest BCUT2D eigenvalue weighted by Crippen LogP contribution is 2.53. The Bertz CT molecular complexity index is 842. The van der Waals surface area contributed by atoms with Crippen molar-refractivity contribution in [2.75, 3.05) is 25.6 Å². The second-order valence-corrected chi connectivity index (χ2v) is 7.69. The van der Waals surface area contributed by atoms with Crippen molar-refractivity contribution in [1.82, 2.24) is 10.2 Å². The van der Waals surface area contributed by atoms with E-state index in [-0.39, 0.29) is 31.0 Å². The molecule has 3 aliphatic rings. The topological polar surface area (TPSA) is 87.7 Å². The van der Waals surface area contributed by atoms with Crippen LogP contribution in [0.15, 0.2) is 18.2 Å². The number of carbonyl (C=O) groups is 3. The summed E-state index contributed by atoms with van der Waals surface area (Å²) >= 11 is 0. The zero-order valence-electron chi connectivity index (χ0n) is 15.4. The fourth-order valence-electron chi connectivity index (χ4n) is 4.74. The van der Waals surface area contributed by atoms with Gasteiger partial charge in [-0.05, 0) is 24.1 Å². The number of hydrogen-bond acceptors (Lipinski definition) is 5. The highest BCUT2D eigenvalue weighted by molar-refractivity contribution is 6.15. The molecule has 3 aliphatic heterocycles. The molecule has 4 rings (SSSR count). The molecule has 27 heavy (non-hydrogen) atoms. The van der Waals surface area contributed by atoms with E-state index < -0.39 is 35.0 Å². The number of hydrogen-bond donors (Lipinski definition) is 2. The van der Waals surface area contributed by atoms with Crippen LogP contribution in [0.25, 0.3) is 0 Å². The van der Waals surface area contributed by atoms with Crippen molar-refractivity contribution in [2.24, 2.45) is 17.8 Å². The Hall–Kier alpha value is -2.32. The van der Waals surface area contributed by atoms with Gasteiger partial charge in [0.25, 0.3) is 0 Å². The normalized spacial score (nSPS) is 31.8. The first kappa shape index (κ1) is 18.1. The third-order valence-electron chi connectivity index (χ3n) is 5.94. The number of amides is 3. The fourth-order valence-corrected chi connectivity index (χ4v) is 4.74. The van der Waals surface area contributed by atoms with Gasteiger partial charge in [-0.2, -0.15) is 0 Å². The lowest BCUT2D eigenvalue weighted by Crippen LogP contribution is -2.54. The van der Waals surface area contributed by atoms with Crippen LogP contribution in [0, 0.1) is 23.6 Å². The number of fused-ring (bicyclic) bond motifs is 4. The first-order valence-electron chi connectivity index (χ1n) is 9.06. The summed E-state index contributed by atoms with van der Waals surface area (Å²) in [6.45, 7) is 4.23. The molecule has 3 heterocycles. The van der Waals surface area contributed by atoms with E-state index in [4.69, 9.17) is 4.74 Å². The quantitative estimate of drug-likeness (QED) is 0.762. The van der Waals surface area contributed by atoms with Crippen LogP contribution in [0.5, 0.6) is 0 Å². The molecular formula is C19H22FN3O4. The van der Waals surface area contributed by atoms with Gasteiger partial charge in [0.1, 0.15) is 11.4 Å². The van der Waals surface area contributed by atoms with Crippen LogP contribution in [0.4, 0.5) is 10.1 Å². The predicted molar refractivity (Wildman–Crippen MR) is 94.0 cm³/mol. The molecule has 2 N–H and O–H groups in total. The third kappa shape index (κ3) is 2.29. The van der Waals surface area contributed by atoms with Gasteiger partial charge >= 0.3 is 0 Å². The Balaban J connectivity index is 1.86. The summed E-state index contributed by atoms with van der Waals surface area (Å²) in [5, 5.41) is 6.01. The Morgan fingerprint density at radius 1 is 1.26 bits per heavy atom. The van der Waals surface area contributed by atoms with Crippen LogP contribution in [0.2, 0.25) is 0 Å². The number of methoxy groups -OCH3 is 1. The van der Waals surface area contributed by atoms with Crippen molar-refractivity contribution in [2.45, 2.75) is 25.4 Å². The number of nitrogens with zero attached hydrogens (tertiary/aromatic N) is 1. The number of halogens is 1. The molecule has 144 valence electrons. The van der Waals surface area contributed by atoms with Crippen LogP contribution in [-0.4, -0.2) is 48.9 Å². The lowest BCUT2D eigenvalue weighted by atomic mass is 9.76. The van der Waals surface area contributed by atoms with Crippen molar-refractivity contribution in [3.8, 4) is 0 Å². The molecule has 0 saturated carbocycles. The van der Waals surface area contributed by atoms with Gasteiger partial charge in [0.05, 0.1) is 25.0 Å². The summed E-state index contributed by atoms with van der Waals surface area (Å²) in [6.07, 6.45) is 0. The molecule has 0 aliphatic carbocycles. The molecule has 2 unspecified atom stereocenters. The molecule has 1 spiro atoms. The summed E-state index contributed by atoms with van der Waals surface area (Å²) < 4.78 is 19.0. The van der Waals surface area contributed by atoms with E-state index in [2.05, 4.69) is 10.6 Å². The van der Waals surface area contributed by atoms with Crippen molar-refractivity contribution < 1.29 is 23.5 Å². The second kappa shape index (κ2) is 6.10. The Labute approximate surface area is 156 Å². The van der Waals surface area contributed by atoms with Gasteiger partial charge in [0, 0.05) is 24.4 Å². The van der Waals surface area contributed by atoms with Crippen LogP contribution < -0.4 is 10.6 Å². The number of nitrogens with one attached hydrogen (secondary N) is 2. The van der Waals surface area contributed by atoms with E-state index in [0.717, 1.165) is 0 Å². The average molecular weight is 375 g/mol. The smallest absolute Gasteiger partial charge is 0.250 e. The summed E-state index contributed by atoms with van der Waals surface area (Å²) in [4.78, 5) is 40.5. The van der Waals surface area contributed by atoms with Crippen LogP contribution >= 0.6 is 0 Å². The first-order valence-corrected chi connectivity index (χ1v) is 9.06. The maximum Gasteiger partial charge on any atom is 0.250 e. The maximum atomic E-state index is 14.0. The standard InChI is InChI=1S/C19H22FN3O4/c1-9(2)15-13-14(17(25)23(16(13)24)6-7-27-3)19(22-15)11-8-10(20)4-5-12(11)21-18(19)26/h4-5,8-9,13-15,22H,6-7H2,1-3H3,(H,21,26)/t13-,14-,15?,19?/m1/s1. The van der Waals surface area contributed by atoms with E-state index in [1.807, 2.05) is 13.8 Å². The Kier molecular flexibility index (Phi) is 4.08. The number of likely N-dealkylation sites (tertiary alicyclic amines) is 1. The maximum absolute atomic E-state index is 14.0. The minimum Gasteiger partial charge on any atom is -0.383 e. The Morgan fingerprint density at radius 3 is 2.67 bits per heavy atom. The van der Waals surface area contributed by atoms with E-state index in [1.165, 1.54) is 30.2 Å². The van der Waals surface area contributed by atoms with Gasteiger partial charge in [-0.25, -0.2) is 4.39 Å². The number of benzene rings is 1. The third-order valence-corrected chi connectivity index (χ3v) is 5.94. The largest absolute Gasteiger partial charge is 0.383 e. The summed E-state index contributed by atoms with van der Waals surface area (Å²) in [5.74, 6) is -3.21. The summed E-state index contributed by atoms with van der Waals surface area (Å²) in [7, 11) is 1.50. The molecular weight excluding hydrogens is 353 g/mol. The van der Waals surface area contributed by atoms with Crippen molar-refractivity contribution >= 4 is 23.4 Å². The van der Waals surface area contributed by atoms with Gasteiger partial charge in [-0.15, -0.1) is 0 Å². The molecule has 3 amide bonds. The molecule has 2 fully saturated rings. The predicted octanol–water partition coefficient (Wildman–Crippen LogP) is 0.849. The second-order valence-electron chi connectivity index (χ2n) is 7.69. The van der Waals surface area contributed by atoms with Crippen LogP contribution in [0.3, 0.4) is 0 Å². The minimum atomic E-state index is -1.44. The number of anilines is 1. The zero-order chi connectivity index (χ0) is 19.5. The highest BCUT2D eigenvalue weighted by atomic mass is 19.1. The molecule has 0 bridgehead atoms. The van der Waals surface area contributed by atoms with Gasteiger partial charge in [-0.3, -0.25) is 24.6 Å². The average Bonchev–Trinajstić information content (AvgIpc) is 3.20. The number of ether oxygens (including phenoxy) is 1. The van der Waals surface area contributed by atoms with Crippen molar-refractivity contribution in [3.05, 3.63) is 29.6 Å². The van der Waals surface area contributed by atoms with Gasteiger partial charge in [0.2, 0.25) is 17.7 Å². The fraction of sp³-hybridized carbons (Fsp3) is 0.526. The molecule has 0 aromatic heterocycles. The van der Waals surface area contributed by atoms with E-state index >= 15 is 0 Å². The molecule has 8 heteroatoms. The number of imide groups is 1. The van der Waals surface area contributed by atoms with E-state index in [9.17, 15) is 18.8 Å². The molecule has 1 aromatic carbocycles. The van der Waals surface area contributed by atoms with Crippen molar-refractivity contribution in [3.63, 3.8) is 0 Å². The Morgan fingerprint density at radius 2 is 2.00 bits per heavy atom. The molecule has 2 saturated heterocycles. The molecule has 4 atom stereocenters. The summed E-state index contributed by atoms with van der Waals surface area (Å²) in [5.41, 5.74) is -0.584. The summed E-state index contributed by atoms with van der Waals surface area (Å²) in [6, 6.07) is 3.65. The van der Waals surface area contributed by atoms with E-state index in [1.54, 1.807) is 0 Å². The molecule has 1 aromatic rings. The van der Waals surface area contributed by atoms with Crippen LogP contribution in [-0.2, 0) is 24.7 Å². The molecule has 7 nitrogen and oxygen atoms in total. The lowest BCUT2D eigenvalue weighted by Gasteiger charge is -2.30. The van der Waals surface area contributed by atoms with Gasteiger partial charge < -0.3 is 10.1 Å². The van der Waals surface area contributed by atoms with Crippen molar-refractivity contribution in [1.29, 1.82) is 0 Å². The lowest BCUT2D eigenvalue weighted by molar-refractivity contribution is -0.143. The zero-order valence-corrected chi connectivity index (χ0v) is 15.4. The first-order chi connectivity index (χ1) is 12.8. The number of carbonyl (C=O) groups excluding carboxylic acids is 3. The SMILES string of the molecule is COCCN1C(=O)[C@H]2C(C(C)C)NC3(C(=O)Nc4ccc(F)cc43)[C@H]2C1=O.